The molecular weight excluding hydrogens is 309 g/mol. The van der Waals surface area contributed by atoms with Crippen LogP contribution in [0.1, 0.15) is 29.9 Å². The molecule has 0 fully saturated rings. The summed E-state index contributed by atoms with van der Waals surface area (Å²) in [4.78, 5) is 20.7. The zero-order valence-corrected chi connectivity index (χ0v) is 13.7. The molecule has 0 spiro atoms. The van der Waals surface area contributed by atoms with Crippen LogP contribution in [-0.2, 0) is 11.3 Å². The fraction of sp³-hybridized carbons (Fsp3) is 0.278. The van der Waals surface area contributed by atoms with Crippen LogP contribution in [0, 0.1) is 11.7 Å². The first-order chi connectivity index (χ1) is 11.5. The van der Waals surface area contributed by atoms with Gasteiger partial charge in [0.2, 0.25) is 0 Å². The predicted molar refractivity (Wildman–Crippen MR) is 90.0 cm³/mol. The highest BCUT2D eigenvalue weighted by molar-refractivity contribution is 6.04. The average Bonchev–Trinajstić information content (AvgIpc) is 2.58. The third-order valence-corrected chi connectivity index (χ3v) is 2.99. The Morgan fingerprint density at radius 1 is 1.25 bits per heavy atom. The number of benzene rings is 1. The van der Waals surface area contributed by atoms with Crippen LogP contribution in [0.4, 0.5) is 4.39 Å². The van der Waals surface area contributed by atoms with Gasteiger partial charge in [-0.2, -0.15) is 0 Å². The number of halogens is 1. The van der Waals surface area contributed by atoms with E-state index in [-0.39, 0.29) is 18.5 Å². The summed E-state index contributed by atoms with van der Waals surface area (Å²) in [5.74, 6) is -0.516. The lowest BCUT2D eigenvalue weighted by molar-refractivity contribution is 0.0963. The lowest BCUT2D eigenvalue weighted by Crippen LogP contribution is -2.33. The van der Waals surface area contributed by atoms with Crippen LogP contribution >= 0.6 is 0 Å². The van der Waals surface area contributed by atoms with Crippen LogP contribution in [0.25, 0.3) is 0 Å². The Morgan fingerprint density at radius 3 is 2.62 bits per heavy atom. The van der Waals surface area contributed by atoms with Crippen LogP contribution < -0.4 is 5.32 Å². The minimum atomic E-state index is -0.404. The van der Waals surface area contributed by atoms with Gasteiger partial charge in [0.15, 0.2) is 0 Å². The number of amidine groups is 1. The van der Waals surface area contributed by atoms with Gasteiger partial charge >= 0.3 is 0 Å². The molecule has 1 aromatic carbocycles. The van der Waals surface area contributed by atoms with Crippen molar-refractivity contribution in [2.24, 2.45) is 10.9 Å². The highest BCUT2D eigenvalue weighted by Crippen LogP contribution is 2.04. The number of hydrogen-bond acceptors (Lipinski definition) is 4. The van der Waals surface area contributed by atoms with Crippen molar-refractivity contribution in [1.29, 1.82) is 0 Å². The van der Waals surface area contributed by atoms with Crippen molar-refractivity contribution >= 4 is 11.9 Å². The van der Waals surface area contributed by atoms with Crippen LogP contribution in [-0.4, -0.2) is 23.5 Å². The number of aromatic nitrogens is 1. The highest BCUT2D eigenvalue weighted by atomic mass is 19.1. The quantitative estimate of drug-likeness (QED) is 0.677. The Kier molecular flexibility index (Phi) is 6.42. The summed E-state index contributed by atoms with van der Waals surface area (Å²) in [6, 6.07) is 10.9. The van der Waals surface area contributed by atoms with E-state index in [1.165, 1.54) is 24.3 Å². The predicted octanol–water partition coefficient (Wildman–Crippen LogP) is 3.18. The van der Waals surface area contributed by atoms with E-state index in [0.717, 1.165) is 5.69 Å². The van der Waals surface area contributed by atoms with Gasteiger partial charge in [-0.15, -0.1) is 0 Å². The second-order valence-corrected chi connectivity index (χ2v) is 5.61. The first-order valence-corrected chi connectivity index (χ1v) is 7.68. The Morgan fingerprint density at radius 2 is 2.00 bits per heavy atom. The maximum atomic E-state index is 12.9. The number of carbonyl (C=O) groups is 1. The number of nitrogens with one attached hydrogen (secondary N) is 1. The van der Waals surface area contributed by atoms with Crippen molar-refractivity contribution in [2.75, 3.05) is 6.61 Å². The lowest BCUT2D eigenvalue weighted by Gasteiger charge is -2.12. The van der Waals surface area contributed by atoms with Crippen molar-refractivity contribution in [1.82, 2.24) is 10.3 Å². The van der Waals surface area contributed by atoms with E-state index < -0.39 is 11.7 Å². The Hall–Kier alpha value is -2.76. The van der Waals surface area contributed by atoms with Crippen molar-refractivity contribution < 1.29 is 13.9 Å². The molecule has 0 atom stereocenters. The molecule has 2 rings (SSSR count). The SMILES string of the molecule is CC(C)COC(=NCc1ccccn1)NC(=O)c1ccc(F)cc1. The monoisotopic (exact) mass is 329 g/mol. The molecule has 0 radical (unpaired) electrons. The molecule has 5 nitrogen and oxygen atoms in total. The fourth-order valence-corrected chi connectivity index (χ4v) is 1.78. The fourth-order valence-electron chi connectivity index (χ4n) is 1.78. The van der Waals surface area contributed by atoms with E-state index in [1.54, 1.807) is 6.20 Å². The molecule has 0 aliphatic rings. The average molecular weight is 329 g/mol. The van der Waals surface area contributed by atoms with Crippen LogP contribution in [0.15, 0.2) is 53.7 Å². The van der Waals surface area contributed by atoms with Gasteiger partial charge in [0.1, 0.15) is 5.82 Å². The van der Waals surface area contributed by atoms with Gasteiger partial charge in [-0.3, -0.25) is 15.1 Å². The minimum Gasteiger partial charge on any atom is -0.465 e. The van der Waals surface area contributed by atoms with Gasteiger partial charge in [-0.1, -0.05) is 19.9 Å². The van der Waals surface area contributed by atoms with E-state index in [1.807, 2.05) is 32.0 Å². The zero-order valence-electron chi connectivity index (χ0n) is 13.7. The molecular formula is C18H20FN3O2. The van der Waals surface area contributed by atoms with E-state index in [2.05, 4.69) is 15.3 Å². The van der Waals surface area contributed by atoms with Gasteiger partial charge in [-0.05, 0) is 42.3 Å². The topological polar surface area (TPSA) is 63.6 Å². The molecule has 2 aromatic rings. The summed E-state index contributed by atoms with van der Waals surface area (Å²) in [6.45, 7) is 4.71. The standard InChI is InChI=1S/C18H20FN3O2/c1-13(2)12-24-18(21-11-16-5-3-4-10-20-16)22-17(23)14-6-8-15(19)9-7-14/h3-10,13H,11-12H2,1-2H3,(H,21,22,23). The van der Waals surface area contributed by atoms with E-state index >= 15 is 0 Å². The molecule has 0 aliphatic heterocycles. The van der Waals surface area contributed by atoms with Gasteiger partial charge in [-0.25, -0.2) is 9.38 Å². The van der Waals surface area contributed by atoms with Gasteiger partial charge < -0.3 is 4.74 Å². The molecule has 0 saturated heterocycles. The summed E-state index contributed by atoms with van der Waals surface area (Å²) in [7, 11) is 0. The van der Waals surface area contributed by atoms with Crippen molar-refractivity contribution in [3.63, 3.8) is 0 Å². The zero-order chi connectivity index (χ0) is 17.4. The van der Waals surface area contributed by atoms with Gasteiger partial charge in [0.25, 0.3) is 11.9 Å². The molecule has 24 heavy (non-hydrogen) atoms. The molecule has 126 valence electrons. The number of ether oxygens (including phenoxy) is 1. The third kappa shape index (κ3) is 5.79. The molecule has 0 unspecified atom stereocenters. The Bertz CT molecular complexity index is 685. The molecule has 0 aliphatic carbocycles. The number of nitrogens with zero attached hydrogens (tertiary/aromatic N) is 2. The number of carbonyl (C=O) groups excluding carboxylic acids is 1. The number of rotatable bonds is 5. The molecule has 1 aromatic heterocycles. The van der Waals surface area contributed by atoms with Gasteiger partial charge in [0.05, 0.1) is 18.8 Å². The first-order valence-electron chi connectivity index (χ1n) is 7.68. The molecule has 1 amide bonds. The number of amides is 1. The first kappa shape index (κ1) is 17.6. The normalized spacial score (nSPS) is 11.4. The summed E-state index contributed by atoms with van der Waals surface area (Å²) in [5.41, 5.74) is 1.09. The maximum absolute atomic E-state index is 12.9. The number of pyridine rings is 1. The lowest BCUT2D eigenvalue weighted by atomic mass is 10.2. The van der Waals surface area contributed by atoms with Gasteiger partial charge in [0, 0.05) is 11.8 Å². The molecule has 1 N–H and O–H groups in total. The van der Waals surface area contributed by atoms with E-state index in [9.17, 15) is 9.18 Å². The second kappa shape index (κ2) is 8.76. The maximum Gasteiger partial charge on any atom is 0.292 e. The van der Waals surface area contributed by atoms with Crippen molar-refractivity contribution in [3.05, 3.63) is 65.7 Å². The minimum absolute atomic E-state index is 0.128. The molecule has 0 bridgehead atoms. The summed E-state index contributed by atoms with van der Waals surface area (Å²) >= 11 is 0. The third-order valence-electron chi connectivity index (χ3n) is 2.99. The summed E-state index contributed by atoms with van der Waals surface area (Å²) in [5, 5.41) is 2.62. The molecule has 1 heterocycles. The van der Waals surface area contributed by atoms with Crippen molar-refractivity contribution in [2.45, 2.75) is 20.4 Å². The summed E-state index contributed by atoms with van der Waals surface area (Å²) < 4.78 is 18.5. The Labute approximate surface area is 140 Å². The van der Waals surface area contributed by atoms with E-state index in [4.69, 9.17) is 4.74 Å². The van der Waals surface area contributed by atoms with Crippen LogP contribution in [0.2, 0.25) is 0 Å². The second-order valence-electron chi connectivity index (χ2n) is 5.61. The highest BCUT2D eigenvalue weighted by Gasteiger charge is 2.11. The van der Waals surface area contributed by atoms with E-state index in [0.29, 0.717) is 12.2 Å². The Balaban J connectivity index is 2.07. The smallest absolute Gasteiger partial charge is 0.292 e. The number of hydrogen-bond donors (Lipinski definition) is 1. The number of aliphatic imine (C=N–C) groups is 1. The molecule has 6 heteroatoms. The van der Waals surface area contributed by atoms with Crippen LogP contribution in [0.3, 0.4) is 0 Å². The van der Waals surface area contributed by atoms with Crippen molar-refractivity contribution in [3.8, 4) is 0 Å². The largest absolute Gasteiger partial charge is 0.465 e. The molecule has 0 saturated carbocycles. The summed E-state index contributed by atoms with van der Waals surface area (Å²) in [6.07, 6.45) is 1.68. The van der Waals surface area contributed by atoms with Crippen LogP contribution in [0.5, 0.6) is 0 Å².